The molecule has 0 aromatic heterocycles. The fourth-order valence-electron chi connectivity index (χ4n) is 1.82. The lowest BCUT2D eigenvalue weighted by Gasteiger charge is -2.31. The monoisotopic (exact) mass is 293 g/mol. The second-order valence-corrected chi connectivity index (χ2v) is 4.74. The molecule has 1 aromatic rings. The lowest BCUT2D eigenvalue weighted by molar-refractivity contribution is 0.263. The Morgan fingerprint density at radius 3 is 2.60 bits per heavy atom. The quantitative estimate of drug-likeness (QED) is 0.882. The van der Waals surface area contributed by atoms with Crippen LogP contribution in [0.15, 0.2) is 22.7 Å². The maximum atomic E-state index is 13.0. The molecular weight excluding hydrogens is 280 g/mol. The maximum absolute atomic E-state index is 13.0. The number of hydrogen-bond acceptors (Lipinski definition) is 1. The van der Waals surface area contributed by atoms with Crippen LogP contribution in [0.1, 0.15) is 30.9 Å². The topological polar surface area (TPSA) is 26.0 Å². The van der Waals surface area contributed by atoms with Gasteiger partial charge in [-0.15, -0.1) is 12.4 Å². The summed E-state index contributed by atoms with van der Waals surface area (Å²) in [6, 6.07) is 4.69. The van der Waals surface area contributed by atoms with Crippen LogP contribution in [0.25, 0.3) is 0 Å². The molecule has 1 saturated carbocycles. The highest BCUT2D eigenvalue weighted by atomic mass is 79.9. The van der Waals surface area contributed by atoms with Crippen LogP contribution in [-0.2, 0) is 0 Å². The third-order valence-corrected chi connectivity index (χ3v) is 3.70. The highest BCUT2D eigenvalue weighted by molar-refractivity contribution is 9.10. The van der Waals surface area contributed by atoms with Gasteiger partial charge in [0.25, 0.3) is 0 Å². The van der Waals surface area contributed by atoms with Crippen molar-refractivity contribution in [2.45, 2.75) is 25.3 Å². The minimum Gasteiger partial charge on any atom is -0.324 e. The molecule has 0 amide bonds. The zero-order valence-electron chi connectivity index (χ0n) is 8.25. The van der Waals surface area contributed by atoms with Gasteiger partial charge >= 0.3 is 0 Å². The summed E-state index contributed by atoms with van der Waals surface area (Å²) in [6.45, 7) is 0. The van der Waals surface area contributed by atoms with E-state index in [1.165, 1.54) is 31.4 Å². The van der Waals surface area contributed by atoms with Gasteiger partial charge in [-0.25, -0.2) is 4.39 Å². The Bertz CT molecular complexity index is 341. The summed E-state index contributed by atoms with van der Waals surface area (Å²) >= 11 is 3.41. The van der Waals surface area contributed by atoms with Crippen molar-refractivity contribution in [3.05, 3.63) is 34.1 Å². The van der Waals surface area contributed by atoms with Crippen LogP contribution in [0.5, 0.6) is 0 Å². The predicted molar refractivity (Wildman–Crippen MR) is 65.6 cm³/mol. The molecule has 1 aliphatic carbocycles. The van der Waals surface area contributed by atoms with Crippen LogP contribution in [0.2, 0.25) is 0 Å². The number of rotatable bonds is 2. The van der Waals surface area contributed by atoms with E-state index in [0.29, 0.717) is 5.92 Å². The summed E-state index contributed by atoms with van der Waals surface area (Å²) in [5.41, 5.74) is 6.97. The van der Waals surface area contributed by atoms with Crippen LogP contribution in [-0.4, -0.2) is 0 Å². The highest BCUT2D eigenvalue weighted by Gasteiger charge is 2.26. The molecule has 1 aromatic carbocycles. The van der Waals surface area contributed by atoms with Gasteiger partial charge in [-0.3, -0.25) is 0 Å². The SMILES string of the molecule is Cl.N[C@H](c1cc(F)ccc1Br)C1CCC1. The van der Waals surface area contributed by atoms with Gasteiger partial charge in [-0.2, -0.15) is 0 Å². The van der Waals surface area contributed by atoms with E-state index < -0.39 is 0 Å². The van der Waals surface area contributed by atoms with E-state index in [0.717, 1.165) is 10.0 Å². The minimum absolute atomic E-state index is 0. The first-order valence-electron chi connectivity index (χ1n) is 4.89. The van der Waals surface area contributed by atoms with Crippen molar-refractivity contribution in [3.8, 4) is 0 Å². The van der Waals surface area contributed by atoms with Crippen molar-refractivity contribution < 1.29 is 4.39 Å². The second-order valence-electron chi connectivity index (χ2n) is 3.88. The van der Waals surface area contributed by atoms with E-state index in [1.807, 2.05) is 0 Å². The van der Waals surface area contributed by atoms with Gasteiger partial charge in [0.15, 0.2) is 0 Å². The molecular formula is C11H14BrClFN. The number of halogens is 3. The fourth-order valence-corrected chi connectivity index (χ4v) is 2.33. The average molecular weight is 295 g/mol. The zero-order chi connectivity index (χ0) is 10.1. The van der Waals surface area contributed by atoms with Gasteiger partial charge in [-0.05, 0) is 42.5 Å². The van der Waals surface area contributed by atoms with Crippen molar-refractivity contribution in [2.75, 3.05) is 0 Å². The summed E-state index contributed by atoms with van der Waals surface area (Å²) in [5.74, 6) is 0.325. The largest absolute Gasteiger partial charge is 0.324 e. The summed E-state index contributed by atoms with van der Waals surface area (Å²) in [4.78, 5) is 0. The predicted octanol–water partition coefficient (Wildman–Crippen LogP) is 3.81. The molecule has 15 heavy (non-hydrogen) atoms. The van der Waals surface area contributed by atoms with E-state index in [-0.39, 0.29) is 24.3 Å². The first kappa shape index (κ1) is 12.9. The zero-order valence-corrected chi connectivity index (χ0v) is 10.7. The number of hydrogen-bond donors (Lipinski definition) is 1. The molecule has 4 heteroatoms. The molecule has 0 unspecified atom stereocenters. The van der Waals surface area contributed by atoms with E-state index in [4.69, 9.17) is 5.73 Å². The van der Waals surface area contributed by atoms with Gasteiger partial charge in [0.05, 0.1) is 0 Å². The molecule has 1 fully saturated rings. The third-order valence-electron chi connectivity index (χ3n) is 2.97. The molecule has 0 saturated heterocycles. The van der Waals surface area contributed by atoms with E-state index in [2.05, 4.69) is 15.9 Å². The first-order chi connectivity index (χ1) is 6.68. The average Bonchev–Trinajstić information content (AvgIpc) is 2.06. The van der Waals surface area contributed by atoms with Crippen LogP contribution in [0.3, 0.4) is 0 Å². The van der Waals surface area contributed by atoms with Gasteiger partial charge < -0.3 is 5.73 Å². The minimum atomic E-state index is -0.210. The van der Waals surface area contributed by atoms with Crippen molar-refractivity contribution in [3.63, 3.8) is 0 Å². The smallest absolute Gasteiger partial charge is 0.123 e. The lowest BCUT2D eigenvalue weighted by atomic mass is 9.77. The van der Waals surface area contributed by atoms with Gasteiger partial charge in [0, 0.05) is 10.5 Å². The normalized spacial score (nSPS) is 17.8. The van der Waals surface area contributed by atoms with E-state index >= 15 is 0 Å². The van der Waals surface area contributed by atoms with Crippen molar-refractivity contribution in [2.24, 2.45) is 11.7 Å². The van der Waals surface area contributed by atoms with Crippen molar-refractivity contribution in [1.29, 1.82) is 0 Å². The Kier molecular flexibility index (Phi) is 4.56. The second kappa shape index (κ2) is 5.28. The van der Waals surface area contributed by atoms with Crippen molar-refractivity contribution >= 4 is 28.3 Å². The third kappa shape index (κ3) is 2.71. The van der Waals surface area contributed by atoms with Crippen LogP contribution >= 0.6 is 28.3 Å². The van der Waals surface area contributed by atoms with E-state index in [1.54, 1.807) is 6.07 Å². The molecule has 84 valence electrons. The Hall–Kier alpha value is -0.120. The summed E-state index contributed by atoms with van der Waals surface area (Å²) in [7, 11) is 0. The lowest BCUT2D eigenvalue weighted by Crippen LogP contribution is -2.27. The molecule has 0 heterocycles. The molecule has 1 nitrogen and oxygen atoms in total. The number of nitrogens with two attached hydrogens (primary N) is 1. The molecule has 2 rings (SSSR count). The molecule has 1 aliphatic rings. The van der Waals surface area contributed by atoms with Gasteiger partial charge in [0.2, 0.25) is 0 Å². The number of benzene rings is 1. The summed E-state index contributed by atoms with van der Waals surface area (Å²) < 4.78 is 13.9. The van der Waals surface area contributed by atoms with Gasteiger partial charge in [-0.1, -0.05) is 22.4 Å². The molecule has 1 atom stereocenters. The molecule has 0 radical (unpaired) electrons. The van der Waals surface area contributed by atoms with Gasteiger partial charge in [0.1, 0.15) is 5.82 Å². The standard InChI is InChI=1S/C11H13BrFN.ClH/c12-10-5-4-8(13)6-9(10)11(14)7-2-1-3-7;/h4-7,11H,1-3,14H2;1H/t11-;/m0./s1. The van der Waals surface area contributed by atoms with Crippen molar-refractivity contribution in [1.82, 2.24) is 0 Å². The Labute approximate surface area is 104 Å². The van der Waals surface area contributed by atoms with Crippen LogP contribution < -0.4 is 5.73 Å². The molecule has 2 N–H and O–H groups in total. The fraction of sp³-hybridized carbons (Fsp3) is 0.455. The maximum Gasteiger partial charge on any atom is 0.123 e. The van der Waals surface area contributed by atoms with Crippen LogP contribution in [0, 0.1) is 11.7 Å². The molecule has 0 aliphatic heterocycles. The highest BCUT2D eigenvalue weighted by Crippen LogP contribution is 2.38. The Morgan fingerprint density at radius 1 is 1.40 bits per heavy atom. The summed E-state index contributed by atoms with van der Waals surface area (Å²) in [5, 5.41) is 0. The summed E-state index contributed by atoms with van der Waals surface area (Å²) in [6.07, 6.45) is 3.60. The first-order valence-corrected chi connectivity index (χ1v) is 5.68. The Morgan fingerprint density at radius 2 is 2.07 bits per heavy atom. The Balaban J connectivity index is 0.00000112. The van der Waals surface area contributed by atoms with Crippen LogP contribution in [0.4, 0.5) is 4.39 Å². The molecule has 0 bridgehead atoms. The van der Waals surface area contributed by atoms with E-state index in [9.17, 15) is 4.39 Å². The molecule has 0 spiro atoms.